The molecule has 0 spiro atoms. The summed E-state index contributed by atoms with van der Waals surface area (Å²) < 4.78 is 17.5. The summed E-state index contributed by atoms with van der Waals surface area (Å²) in [5, 5.41) is 12.4. The second kappa shape index (κ2) is 3.65. The van der Waals surface area contributed by atoms with Gasteiger partial charge in [-0.1, -0.05) is 11.2 Å². The average Bonchev–Trinajstić information content (AvgIpc) is 2.64. The molecule has 1 aromatic carbocycles. The molecule has 0 aliphatic carbocycles. The summed E-state index contributed by atoms with van der Waals surface area (Å²) in [6.45, 7) is 0. The minimum Gasteiger partial charge on any atom is -0.478 e. The highest BCUT2D eigenvalue weighted by Gasteiger charge is 2.16. The predicted octanol–water partition coefficient (Wildman–Crippen LogP) is 1.76. The molecule has 1 heterocycles. The third-order valence-corrected chi connectivity index (χ3v) is 2.10. The number of hydrogen-bond donors (Lipinski definition) is 2. The van der Waals surface area contributed by atoms with Gasteiger partial charge in [0.25, 0.3) is 0 Å². The van der Waals surface area contributed by atoms with Crippen LogP contribution in [-0.4, -0.2) is 16.2 Å². The van der Waals surface area contributed by atoms with Gasteiger partial charge in [-0.3, -0.25) is 0 Å². The Morgan fingerprint density at radius 1 is 1.44 bits per heavy atom. The van der Waals surface area contributed by atoms with Gasteiger partial charge in [0, 0.05) is 5.56 Å². The van der Waals surface area contributed by atoms with Gasteiger partial charge in [-0.15, -0.1) is 0 Å². The minimum absolute atomic E-state index is 0.00546. The summed E-state index contributed by atoms with van der Waals surface area (Å²) >= 11 is 0. The summed E-state index contributed by atoms with van der Waals surface area (Å²) in [5.74, 6) is -1.87. The van der Waals surface area contributed by atoms with Crippen molar-refractivity contribution in [3.05, 3.63) is 35.8 Å². The van der Waals surface area contributed by atoms with Crippen molar-refractivity contribution in [3.63, 3.8) is 0 Å². The first-order valence-electron chi connectivity index (χ1n) is 4.33. The number of carboxylic acids is 1. The Hall–Kier alpha value is -2.37. The second-order valence-electron chi connectivity index (χ2n) is 3.10. The molecule has 82 valence electrons. The zero-order valence-corrected chi connectivity index (χ0v) is 7.98. The first kappa shape index (κ1) is 10.2. The van der Waals surface area contributed by atoms with Gasteiger partial charge >= 0.3 is 5.97 Å². The van der Waals surface area contributed by atoms with Crippen molar-refractivity contribution in [2.75, 3.05) is 5.73 Å². The van der Waals surface area contributed by atoms with Gasteiger partial charge in [0.1, 0.15) is 5.82 Å². The van der Waals surface area contributed by atoms with Crippen LogP contribution in [0, 0.1) is 5.82 Å². The van der Waals surface area contributed by atoms with Crippen molar-refractivity contribution in [1.82, 2.24) is 5.16 Å². The number of anilines is 1. The average molecular weight is 222 g/mol. The number of aromatic carboxylic acids is 1. The Morgan fingerprint density at radius 2 is 2.19 bits per heavy atom. The van der Waals surface area contributed by atoms with Crippen LogP contribution >= 0.6 is 0 Å². The fraction of sp³-hybridized carbons (Fsp3) is 0. The second-order valence-corrected chi connectivity index (χ2v) is 3.10. The highest BCUT2D eigenvalue weighted by molar-refractivity contribution is 5.97. The van der Waals surface area contributed by atoms with E-state index in [9.17, 15) is 9.18 Å². The van der Waals surface area contributed by atoms with E-state index >= 15 is 0 Å². The molecule has 0 saturated heterocycles. The van der Waals surface area contributed by atoms with E-state index in [0.29, 0.717) is 5.56 Å². The molecule has 0 unspecified atom stereocenters. The summed E-state index contributed by atoms with van der Waals surface area (Å²) in [6, 6.07) is 3.39. The largest absolute Gasteiger partial charge is 0.478 e. The highest BCUT2D eigenvalue weighted by atomic mass is 19.1. The molecule has 2 rings (SSSR count). The predicted molar refractivity (Wildman–Crippen MR) is 53.3 cm³/mol. The number of nitrogen functional groups attached to an aromatic ring is 1. The zero-order valence-electron chi connectivity index (χ0n) is 7.98. The lowest BCUT2D eigenvalue weighted by atomic mass is 10.0. The van der Waals surface area contributed by atoms with E-state index in [2.05, 4.69) is 9.68 Å². The molecule has 1 aromatic heterocycles. The number of nitrogens with two attached hydrogens (primary N) is 1. The lowest BCUT2D eigenvalue weighted by Crippen LogP contribution is -2.01. The standard InChI is InChI=1S/C10H7FN2O3/c11-5-1-2-6(7(3-5)10(14)15)8-4-13-16-9(8)12/h1-4H,12H2,(H,14,15). The third-order valence-electron chi connectivity index (χ3n) is 2.10. The van der Waals surface area contributed by atoms with Crippen molar-refractivity contribution in [1.29, 1.82) is 0 Å². The van der Waals surface area contributed by atoms with E-state index in [0.717, 1.165) is 12.1 Å². The van der Waals surface area contributed by atoms with Gasteiger partial charge in [-0.2, -0.15) is 0 Å². The van der Waals surface area contributed by atoms with Crippen molar-refractivity contribution < 1.29 is 18.8 Å². The van der Waals surface area contributed by atoms with Gasteiger partial charge in [0.15, 0.2) is 0 Å². The molecule has 5 nitrogen and oxygen atoms in total. The van der Waals surface area contributed by atoms with Crippen LogP contribution in [0.1, 0.15) is 10.4 Å². The third kappa shape index (κ3) is 1.60. The van der Waals surface area contributed by atoms with E-state index in [-0.39, 0.29) is 17.0 Å². The van der Waals surface area contributed by atoms with Gasteiger partial charge in [0.05, 0.1) is 17.3 Å². The molecule has 3 N–H and O–H groups in total. The number of rotatable bonds is 2. The molecular formula is C10H7FN2O3. The summed E-state index contributed by atoms with van der Waals surface area (Å²) in [5.41, 5.74) is 5.88. The molecule has 0 aliphatic rings. The quantitative estimate of drug-likeness (QED) is 0.808. The van der Waals surface area contributed by atoms with Crippen LogP contribution in [0.5, 0.6) is 0 Å². The van der Waals surface area contributed by atoms with Gasteiger partial charge in [-0.25, -0.2) is 9.18 Å². The maximum absolute atomic E-state index is 12.9. The topological polar surface area (TPSA) is 89.4 Å². The first-order valence-corrected chi connectivity index (χ1v) is 4.33. The van der Waals surface area contributed by atoms with Crippen LogP contribution in [0.15, 0.2) is 28.9 Å². The number of carbonyl (C=O) groups is 1. The van der Waals surface area contributed by atoms with E-state index < -0.39 is 11.8 Å². The summed E-state index contributed by atoms with van der Waals surface area (Å²) in [7, 11) is 0. The number of carboxylic acid groups (broad SMARTS) is 1. The zero-order chi connectivity index (χ0) is 11.7. The lowest BCUT2D eigenvalue weighted by molar-refractivity contribution is 0.0697. The number of hydrogen-bond acceptors (Lipinski definition) is 4. The van der Waals surface area contributed by atoms with Gasteiger partial charge in [0.2, 0.25) is 5.88 Å². The van der Waals surface area contributed by atoms with Crippen LogP contribution < -0.4 is 5.73 Å². The normalized spacial score (nSPS) is 10.3. The molecule has 0 fully saturated rings. The number of aromatic nitrogens is 1. The summed E-state index contributed by atoms with van der Waals surface area (Å²) in [4.78, 5) is 10.9. The number of benzene rings is 1. The molecule has 2 aromatic rings. The molecule has 0 amide bonds. The molecule has 0 atom stereocenters. The number of nitrogens with zero attached hydrogens (tertiary/aromatic N) is 1. The SMILES string of the molecule is Nc1oncc1-c1ccc(F)cc1C(=O)O. The van der Waals surface area contributed by atoms with Crippen LogP contribution in [0.4, 0.5) is 10.3 Å². The Morgan fingerprint density at radius 3 is 2.75 bits per heavy atom. The fourth-order valence-electron chi connectivity index (χ4n) is 1.38. The van der Waals surface area contributed by atoms with E-state index in [1.165, 1.54) is 12.3 Å². The Kier molecular flexibility index (Phi) is 2.32. The number of halogens is 1. The van der Waals surface area contributed by atoms with E-state index in [4.69, 9.17) is 10.8 Å². The van der Waals surface area contributed by atoms with Crippen LogP contribution in [0.3, 0.4) is 0 Å². The Bertz CT molecular complexity index is 551. The first-order chi connectivity index (χ1) is 7.59. The molecule has 0 saturated carbocycles. The Balaban J connectivity index is 2.65. The molecule has 0 bridgehead atoms. The summed E-state index contributed by atoms with van der Waals surface area (Å²) in [6.07, 6.45) is 1.29. The monoisotopic (exact) mass is 222 g/mol. The van der Waals surface area contributed by atoms with Gasteiger partial charge in [-0.05, 0) is 12.1 Å². The maximum Gasteiger partial charge on any atom is 0.336 e. The van der Waals surface area contributed by atoms with Crippen molar-refractivity contribution in [2.45, 2.75) is 0 Å². The van der Waals surface area contributed by atoms with Gasteiger partial charge < -0.3 is 15.4 Å². The lowest BCUT2D eigenvalue weighted by Gasteiger charge is -2.03. The Labute approximate surface area is 89.3 Å². The van der Waals surface area contributed by atoms with Crippen molar-refractivity contribution in [3.8, 4) is 11.1 Å². The molecular weight excluding hydrogens is 215 g/mol. The van der Waals surface area contributed by atoms with Crippen LogP contribution in [0.2, 0.25) is 0 Å². The highest BCUT2D eigenvalue weighted by Crippen LogP contribution is 2.29. The van der Waals surface area contributed by atoms with Crippen molar-refractivity contribution in [2.24, 2.45) is 0 Å². The fourth-order valence-corrected chi connectivity index (χ4v) is 1.38. The minimum atomic E-state index is -1.24. The van der Waals surface area contributed by atoms with Crippen LogP contribution in [0.25, 0.3) is 11.1 Å². The molecule has 16 heavy (non-hydrogen) atoms. The van der Waals surface area contributed by atoms with E-state index in [1.807, 2.05) is 0 Å². The smallest absolute Gasteiger partial charge is 0.336 e. The van der Waals surface area contributed by atoms with Crippen LogP contribution in [-0.2, 0) is 0 Å². The maximum atomic E-state index is 12.9. The molecule has 0 radical (unpaired) electrons. The molecule has 0 aliphatic heterocycles. The van der Waals surface area contributed by atoms with E-state index in [1.54, 1.807) is 0 Å². The van der Waals surface area contributed by atoms with Crippen molar-refractivity contribution >= 4 is 11.9 Å². The molecule has 6 heteroatoms.